The van der Waals surface area contributed by atoms with Gasteiger partial charge in [0, 0.05) is 40.3 Å². The SMILES string of the molecule is c1csc(-c2cncc3[nH]c(-c4cc(-c5cncc(OCCN6CCCC6)c5)[nH]n4)cc23)c1. The molecule has 0 radical (unpaired) electrons. The van der Waals surface area contributed by atoms with Gasteiger partial charge in [0.1, 0.15) is 18.1 Å². The van der Waals surface area contributed by atoms with E-state index in [-0.39, 0.29) is 0 Å². The van der Waals surface area contributed by atoms with Gasteiger partial charge in [0.05, 0.1) is 29.3 Å². The van der Waals surface area contributed by atoms with Crippen molar-refractivity contribution >= 4 is 22.2 Å². The Kier molecular flexibility index (Phi) is 5.37. The Morgan fingerprint density at radius 3 is 2.79 bits per heavy atom. The van der Waals surface area contributed by atoms with Crippen LogP contribution >= 0.6 is 11.3 Å². The number of fused-ring (bicyclic) bond motifs is 1. The molecule has 6 rings (SSSR count). The van der Waals surface area contributed by atoms with E-state index in [1.54, 1.807) is 17.5 Å². The Morgan fingerprint density at radius 1 is 1.00 bits per heavy atom. The third-order valence-corrected chi connectivity index (χ3v) is 6.99. The monoisotopic (exact) mass is 456 g/mol. The number of hydrogen-bond acceptors (Lipinski definition) is 6. The second-order valence-corrected chi connectivity index (χ2v) is 9.23. The van der Waals surface area contributed by atoms with Gasteiger partial charge >= 0.3 is 0 Å². The summed E-state index contributed by atoms with van der Waals surface area (Å²) in [5, 5.41) is 10.9. The first-order chi connectivity index (χ1) is 16.3. The molecular formula is C25H24N6OS. The Balaban J connectivity index is 1.22. The molecule has 0 bridgehead atoms. The van der Waals surface area contributed by atoms with Crippen LogP contribution in [0.5, 0.6) is 5.75 Å². The van der Waals surface area contributed by atoms with Gasteiger partial charge in [0.25, 0.3) is 0 Å². The molecule has 5 aromatic heterocycles. The van der Waals surface area contributed by atoms with Crippen molar-refractivity contribution in [1.29, 1.82) is 0 Å². The largest absolute Gasteiger partial charge is 0.491 e. The lowest BCUT2D eigenvalue weighted by Crippen LogP contribution is -2.25. The van der Waals surface area contributed by atoms with Crippen LogP contribution in [0.3, 0.4) is 0 Å². The minimum Gasteiger partial charge on any atom is -0.491 e. The fraction of sp³-hybridized carbons (Fsp3) is 0.240. The molecule has 0 unspecified atom stereocenters. The van der Waals surface area contributed by atoms with Crippen LogP contribution < -0.4 is 4.74 Å². The summed E-state index contributed by atoms with van der Waals surface area (Å²) in [6, 6.07) is 10.4. The Labute approximate surface area is 195 Å². The summed E-state index contributed by atoms with van der Waals surface area (Å²) in [7, 11) is 0. The Bertz CT molecular complexity index is 1370. The van der Waals surface area contributed by atoms with E-state index in [2.05, 4.69) is 53.6 Å². The number of thiophene rings is 1. The first-order valence-corrected chi connectivity index (χ1v) is 12.1. The molecule has 1 saturated heterocycles. The lowest BCUT2D eigenvalue weighted by Gasteiger charge is -2.14. The van der Waals surface area contributed by atoms with Gasteiger partial charge in [-0.05, 0) is 55.6 Å². The minimum atomic E-state index is 0.676. The first kappa shape index (κ1) is 20.1. The molecule has 0 atom stereocenters. The van der Waals surface area contributed by atoms with Crippen LogP contribution in [0, 0.1) is 0 Å². The topological polar surface area (TPSA) is 82.7 Å². The molecule has 7 nitrogen and oxygen atoms in total. The molecular weight excluding hydrogens is 432 g/mol. The standard InChI is InChI=1S/C25H24N6OS/c1-2-6-31(5-1)7-8-32-18-10-17(13-26-14-18)21-12-23(30-29-21)22-11-19-20(25-4-3-9-33-25)15-27-16-24(19)28-22/h3-4,9-16,28H,1-2,5-8H2,(H,29,30). The van der Waals surface area contributed by atoms with Gasteiger partial charge in [0.15, 0.2) is 0 Å². The quantitative estimate of drug-likeness (QED) is 0.351. The number of rotatable bonds is 7. The molecule has 33 heavy (non-hydrogen) atoms. The second kappa shape index (κ2) is 8.80. The Hall–Kier alpha value is -3.49. The average Bonchev–Trinajstić information content (AvgIpc) is 3.65. The zero-order valence-corrected chi connectivity index (χ0v) is 18.9. The van der Waals surface area contributed by atoms with Gasteiger partial charge in [-0.25, -0.2) is 0 Å². The molecule has 1 aliphatic heterocycles. The number of aromatic amines is 2. The maximum Gasteiger partial charge on any atom is 0.138 e. The van der Waals surface area contributed by atoms with E-state index >= 15 is 0 Å². The first-order valence-electron chi connectivity index (χ1n) is 11.2. The maximum absolute atomic E-state index is 5.96. The fourth-order valence-corrected chi connectivity index (χ4v) is 5.12. The third-order valence-electron chi connectivity index (χ3n) is 6.09. The highest BCUT2D eigenvalue weighted by molar-refractivity contribution is 7.13. The molecule has 8 heteroatoms. The number of pyridine rings is 2. The second-order valence-electron chi connectivity index (χ2n) is 8.28. The molecule has 5 aromatic rings. The molecule has 6 heterocycles. The van der Waals surface area contributed by atoms with E-state index in [9.17, 15) is 0 Å². The van der Waals surface area contributed by atoms with Gasteiger partial charge < -0.3 is 9.72 Å². The lowest BCUT2D eigenvalue weighted by molar-refractivity contribution is 0.237. The van der Waals surface area contributed by atoms with Crippen molar-refractivity contribution in [2.45, 2.75) is 12.8 Å². The highest BCUT2D eigenvalue weighted by atomic mass is 32.1. The van der Waals surface area contributed by atoms with Crippen molar-refractivity contribution in [3.05, 3.63) is 60.5 Å². The van der Waals surface area contributed by atoms with Crippen LogP contribution in [0.2, 0.25) is 0 Å². The molecule has 0 amide bonds. The van der Waals surface area contributed by atoms with E-state index in [0.29, 0.717) is 6.61 Å². The van der Waals surface area contributed by atoms with Crippen LogP contribution in [-0.4, -0.2) is 56.3 Å². The highest BCUT2D eigenvalue weighted by Gasteiger charge is 2.14. The number of H-pyrrole nitrogens is 2. The van der Waals surface area contributed by atoms with Gasteiger partial charge in [-0.3, -0.25) is 20.0 Å². The number of hydrogen-bond donors (Lipinski definition) is 2. The van der Waals surface area contributed by atoms with Crippen molar-refractivity contribution in [2.75, 3.05) is 26.2 Å². The van der Waals surface area contributed by atoms with Crippen LogP contribution in [0.1, 0.15) is 12.8 Å². The Morgan fingerprint density at radius 2 is 1.91 bits per heavy atom. The van der Waals surface area contributed by atoms with Gasteiger partial charge in [-0.1, -0.05) is 6.07 Å². The van der Waals surface area contributed by atoms with Crippen LogP contribution in [-0.2, 0) is 0 Å². The van der Waals surface area contributed by atoms with Crippen LogP contribution in [0.25, 0.3) is 44.0 Å². The summed E-state index contributed by atoms with van der Waals surface area (Å²) >= 11 is 1.71. The molecule has 0 spiro atoms. The average molecular weight is 457 g/mol. The smallest absolute Gasteiger partial charge is 0.138 e. The minimum absolute atomic E-state index is 0.676. The maximum atomic E-state index is 5.96. The summed E-state index contributed by atoms with van der Waals surface area (Å²) in [6.45, 7) is 3.99. The van der Waals surface area contributed by atoms with Gasteiger partial charge in [-0.2, -0.15) is 5.10 Å². The zero-order chi connectivity index (χ0) is 22.0. The van der Waals surface area contributed by atoms with E-state index in [1.165, 1.54) is 30.8 Å². The molecule has 2 N–H and O–H groups in total. The van der Waals surface area contributed by atoms with E-state index in [4.69, 9.17) is 4.74 Å². The summed E-state index contributed by atoms with van der Waals surface area (Å²) in [6.07, 6.45) is 9.96. The van der Waals surface area contributed by atoms with Crippen molar-refractivity contribution < 1.29 is 4.74 Å². The van der Waals surface area contributed by atoms with E-state index in [0.717, 1.165) is 51.4 Å². The predicted octanol–water partition coefficient (Wildman–Crippen LogP) is 5.22. The highest BCUT2D eigenvalue weighted by Crippen LogP contribution is 2.34. The predicted molar refractivity (Wildman–Crippen MR) is 131 cm³/mol. The summed E-state index contributed by atoms with van der Waals surface area (Å²) < 4.78 is 5.96. The number of aromatic nitrogens is 5. The van der Waals surface area contributed by atoms with Crippen molar-refractivity contribution in [2.24, 2.45) is 0 Å². The lowest BCUT2D eigenvalue weighted by atomic mass is 10.1. The molecule has 166 valence electrons. The van der Waals surface area contributed by atoms with Crippen LogP contribution in [0.4, 0.5) is 0 Å². The van der Waals surface area contributed by atoms with Gasteiger partial charge in [-0.15, -0.1) is 11.3 Å². The summed E-state index contributed by atoms with van der Waals surface area (Å²) in [4.78, 5) is 15.9. The number of likely N-dealkylation sites (tertiary alicyclic amines) is 1. The number of nitrogens with zero attached hydrogens (tertiary/aromatic N) is 4. The van der Waals surface area contributed by atoms with Crippen molar-refractivity contribution in [1.82, 2.24) is 30.0 Å². The molecule has 0 saturated carbocycles. The zero-order valence-electron chi connectivity index (χ0n) is 18.1. The molecule has 0 aromatic carbocycles. The molecule has 1 fully saturated rings. The van der Waals surface area contributed by atoms with E-state index < -0.39 is 0 Å². The summed E-state index contributed by atoms with van der Waals surface area (Å²) in [5.41, 5.74) is 5.77. The van der Waals surface area contributed by atoms with Crippen molar-refractivity contribution in [3.63, 3.8) is 0 Å². The molecule has 0 aliphatic carbocycles. The third kappa shape index (κ3) is 4.15. The van der Waals surface area contributed by atoms with Crippen LogP contribution in [0.15, 0.2) is 60.5 Å². The number of ether oxygens (including phenoxy) is 1. The van der Waals surface area contributed by atoms with E-state index in [1.807, 2.05) is 30.7 Å². The van der Waals surface area contributed by atoms with Gasteiger partial charge in [0.2, 0.25) is 0 Å². The van der Waals surface area contributed by atoms with Crippen molar-refractivity contribution in [3.8, 4) is 38.8 Å². The normalized spacial score (nSPS) is 14.3. The molecule has 1 aliphatic rings. The summed E-state index contributed by atoms with van der Waals surface area (Å²) in [5.74, 6) is 0.778. The number of nitrogens with one attached hydrogen (secondary N) is 2. The fourth-order valence-electron chi connectivity index (χ4n) is 4.37.